The predicted molar refractivity (Wildman–Crippen MR) is 112 cm³/mol. The van der Waals surface area contributed by atoms with Crippen LogP contribution >= 0.6 is 23.2 Å². The lowest BCUT2D eigenvalue weighted by atomic mass is 9.94. The quantitative estimate of drug-likeness (QED) is 0.368. The van der Waals surface area contributed by atoms with Crippen molar-refractivity contribution in [3.8, 4) is 5.69 Å². The minimum atomic E-state index is -5.04. The number of carbonyl (C=O) groups excluding carboxylic acids is 1. The molecule has 2 aromatic carbocycles. The number of alkyl carbamates (subject to hydrolysis) is 1. The van der Waals surface area contributed by atoms with E-state index in [1.807, 2.05) is 0 Å². The molecule has 33 heavy (non-hydrogen) atoms. The molecule has 0 saturated carbocycles. The highest BCUT2D eigenvalue weighted by Crippen LogP contribution is 2.47. The summed E-state index contributed by atoms with van der Waals surface area (Å²) in [4.78, 5) is 11.9. The third-order valence-corrected chi connectivity index (χ3v) is 5.55. The van der Waals surface area contributed by atoms with Crippen LogP contribution in [0.5, 0.6) is 0 Å². The molecule has 3 aromatic rings. The first-order valence-corrected chi connectivity index (χ1v) is 10.2. The second kappa shape index (κ2) is 8.64. The normalized spacial score (nSPS) is 14.2. The number of para-hydroxylation sites is 1. The van der Waals surface area contributed by atoms with Crippen LogP contribution in [0.2, 0.25) is 10.0 Å². The van der Waals surface area contributed by atoms with Crippen LogP contribution in [0, 0.1) is 0 Å². The Kier molecular flexibility index (Phi) is 6.56. The van der Waals surface area contributed by atoms with Gasteiger partial charge in [-0.15, -0.1) is 0 Å². The van der Waals surface area contributed by atoms with E-state index in [1.54, 1.807) is 0 Å². The molecule has 4 nitrogen and oxygen atoms in total. The van der Waals surface area contributed by atoms with Gasteiger partial charge in [0.05, 0.1) is 26.8 Å². The summed E-state index contributed by atoms with van der Waals surface area (Å²) < 4.78 is 87.8. The maximum Gasteiger partial charge on any atom is 0.432 e. The molecule has 12 heteroatoms. The summed E-state index contributed by atoms with van der Waals surface area (Å²) in [5, 5.41) is 1.33. The molecule has 1 aromatic heterocycles. The van der Waals surface area contributed by atoms with Gasteiger partial charge in [-0.05, 0) is 32.0 Å². The number of hydrogen-bond acceptors (Lipinski definition) is 2. The van der Waals surface area contributed by atoms with E-state index in [4.69, 9.17) is 27.9 Å². The van der Waals surface area contributed by atoms with Gasteiger partial charge in [0.15, 0.2) is 0 Å². The summed E-state index contributed by atoms with van der Waals surface area (Å²) in [6, 6.07) is 7.04. The first-order chi connectivity index (χ1) is 15.2. The topological polar surface area (TPSA) is 43.3 Å². The number of aromatic nitrogens is 1. The van der Waals surface area contributed by atoms with E-state index in [0.29, 0.717) is 19.1 Å². The Hall–Kier alpha value is -2.59. The standard InChI is InChI=1S/C21H16Cl2F6N2O2/c1-3-30-18(32)33-19(2,21(27,28)29)13-10-31(16-7-5-4-6-12(13)16)17-14(22)8-11(9-15(17)23)20(24,25)26/h4-10H,3H2,1-2H3,(H,30,32). The Morgan fingerprint density at radius 1 is 1.06 bits per heavy atom. The zero-order valence-electron chi connectivity index (χ0n) is 17.0. The Morgan fingerprint density at radius 3 is 2.15 bits per heavy atom. The molecular weight excluding hydrogens is 497 g/mol. The molecule has 0 aliphatic rings. The van der Waals surface area contributed by atoms with Crippen molar-refractivity contribution in [1.29, 1.82) is 0 Å². The van der Waals surface area contributed by atoms with E-state index in [2.05, 4.69) is 5.32 Å². The van der Waals surface area contributed by atoms with Crippen molar-refractivity contribution in [2.45, 2.75) is 31.8 Å². The molecule has 1 N–H and O–H groups in total. The Morgan fingerprint density at radius 2 is 1.64 bits per heavy atom. The molecule has 1 atom stereocenters. The molecule has 0 fully saturated rings. The van der Waals surface area contributed by atoms with Gasteiger partial charge in [0.2, 0.25) is 5.60 Å². The van der Waals surface area contributed by atoms with Crippen LogP contribution in [0.3, 0.4) is 0 Å². The molecule has 178 valence electrons. The van der Waals surface area contributed by atoms with Crippen molar-refractivity contribution < 1.29 is 35.9 Å². The first-order valence-electron chi connectivity index (χ1n) is 9.41. The lowest BCUT2D eigenvalue weighted by Crippen LogP contribution is -2.45. The van der Waals surface area contributed by atoms with E-state index in [0.717, 1.165) is 10.8 Å². The molecule has 0 saturated heterocycles. The Labute approximate surface area is 194 Å². The monoisotopic (exact) mass is 512 g/mol. The first kappa shape index (κ1) is 25.0. The number of nitrogens with zero attached hydrogens (tertiary/aromatic N) is 1. The number of ether oxygens (including phenoxy) is 1. The maximum atomic E-state index is 14.2. The van der Waals surface area contributed by atoms with Crippen LogP contribution in [-0.2, 0) is 16.5 Å². The number of alkyl halides is 6. The second-order valence-electron chi connectivity index (χ2n) is 7.17. The van der Waals surface area contributed by atoms with Crippen LogP contribution in [0.4, 0.5) is 31.1 Å². The number of carbonyl (C=O) groups is 1. The zero-order valence-corrected chi connectivity index (χ0v) is 18.5. The van der Waals surface area contributed by atoms with E-state index in [9.17, 15) is 31.1 Å². The molecule has 1 unspecified atom stereocenters. The fraction of sp³-hybridized carbons (Fsp3) is 0.286. The minimum Gasteiger partial charge on any atom is -0.428 e. The fourth-order valence-corrected chi connectivity index (χ4v) is 4.00. The van der Waals surface area contributed by atoms with E-state index in [-0.39, 0.29) is 23.1 Å². The van der Waals surface area contributed by atoms with Crippen molar-refractivity contribution in [3.05, 3.63) is 63.8 Å². The number of nitrogens with one attached hydrogen (secondary N) is 1. The highest BCUT2D eigenvalue weighted by molar-refractivity contribution is 6.38. The molecule has 0 bridgehead atoms. The van der Waals surface area contributed by atoms with Gasteiger partial charge in [-0.2, -0.15) is 26.3 Å². The summed E-state index contributed by atoms with van der Waals surface area (Å²) in [6.45, 7) is 2.22. The van der Waals surface area contributed by atoms with Gasteiger partial charge in [-0.3, -0.25) is 0 Å². The third kappa shape index (κ3) is 4.59. The van der Waals surface area contributed by atoms with Crippen LogP contribution in [0.1, 0.15) is 25.0 Å². The molecule has 0 radical (unpaired) electrons. The fourth-order valence-electron chi connectivity index (χ4n) is 3.34. The highest BCUT2D eigenvalue weighted by Gasteiger charge is 2.57. The van der Waals surface area contributed by atoms with Crippen molar-refractivity contribution in [2.24, 2.45) is 0 Å². The number of rotatable bonds is 4. The number of fused-ring (bicyclic) bond motifs is 1. The van der Waals surface area contributed by atoms with Gasteiger partial charge in [0.25, 0.3) is 0 Å². The van der Waals surface area contributed by atoms with Gasteiger partial charge in [0.1, 0.15) is 0 Å². The zero-order chi connectivity index (χ0) is 24.8. The number of hydrogen-bond donors (Lipinski definition) is 1. The van der Waals surface area contributed by atoms with E-state index in [1.165, 1.54) is 31.2 Å². The molecule has 0 spiro atoms. The Bertz CT molecular complexity index is 1180. The van der Waals surface area contributed by atoms with Crippen LogP contribution in [0.25, 0.3) is 16.6 Å². The lowest BCUT2D eigenvalue weighted by Gasteiger charge is -2.31. The Balaban J connectivity index is 2.30. The smallest absolute Gasteiger partial charge is 0.428 e. The molecule has 0 aliphatic carbocycles. The average Bonchev–Trinajstić information content (AvgIpc) is 3.06. The van der Waals surface area contributed by atoms with Crippen molar-refractivity contribution in [1.82, 2.24) is 9.88 Å². The van der Waals surface area contributed by atoms with E-state index < -0.39 is 45.2 Å². The number of benzene rings is 2. The van der Waals surface area contributed by atoms with Crippen LogP contribution < -0.4 is 5.32 Å². The van der Waals surface area contributed by atoms with Gasteiger partial charge in [-0.1, -0.05) is 41.4 Å². The average molecular weight is 513 g/mol. The summed E-state index contributed by atoms with van der Waals surface area (Å²) in [6.07, 6.45) is -10.1. The lowest BCUT2D eigenvalue weighted by molar-refractivity contribution is -0.256. The summed E-state index contributed by atoms with van der Waals surface area (Å²) >= 11 is 12.2. The van der Waals surface area contributed by atoms with Crippen molar-refractivity contribution in [3.63, 3.8) is 0 Å². The van der Waals surface area contributed by atoms with Crippen LogP contribution in [-0.4, -0.2) is 23.4 Å². The van der Waals surface area contributed by atoms with Crippen LogP contribution in [0.15, 0.2) is 42.6 Å². The number of halogens is 8. The SMILES string of the molecule is CCNC(=O)OC(C)(c1cn(-c2c(Cl)cc(C(F)(F)F)cc2Cl)c2ccccc12)C(F)(F)F. The summed E-state index contributed by atoms with van der Waals surface area (Å²) in [5.41, 5.74) is -4.66. The van der Waals surface area contributed by atoms with Gasteiger partial charge in [-0.25, -0.2) is 4.79 Å². The second-order valence-corrected chi connectivity index (χ2v) is 7.98. The predicted octanol–water partition coefficient (Wildman–Crippen LogP) is 7.48. The van der Waals surface area contributed by atoms with Crippen molar-refractivity contribution >= 4 is 40.2 Å². The van der Waals surface area contributed by atoms with E-state index >= 15 is 0 Å². The third-order valence-electron chi connectivity index (χ3n) is 4.97. The summed E-state index contributed by atoms with van der Waals surface area (Å²) in [5.74, 6) is 0. The molecule has 1 heterocycles. The molecule has 0 aliphatic heterocycles. The molecule has 3 rings (SSSR count). The molecule has 1 amide bonds. The van der Waals surface area contributed by atoms with Crippen molar-refractivity contribution in [2.75, 3.05) is 6.54 Å². The minimum absolute atomic E-state index is 0.0330. The maximum absolute atomic E-state index is 14.2. The van der Waals surface area contributed by atoms with Gasteiger partial charge in [0, 0.05) is 23.7 Å². The largest absolute Gasteiger partial charge is 0.432 e. The molecular formula is C21H16Cl2F6N2O2. The number of amides is 1. The highest BCUT2D eigenvalue weighted by atomic mass is 35.5. The van der Waals surface area contributed by atoms with Gasteiger partial charge < -0.3 is 14.6 Å². The summed E-state index contributed by atoms with van der Waals surface area (Å²) in [7, 11) is 0. The van der Waals surface area contributed by atoms with Gasteiger partial charge >= 0.3 is 18.4 Å².